The summed E-state index contributed by atoms with van der Waals surface area (Å²) in [7, 11) is 9.72. The lowest BCUT2D eigenvalue weighted by Gasteiger charge is -2.36. The van der Waals surface area contributed by atoms with Crippen molar-refractivity contribution in [3.8, 4) is 5.75 Å². The van der Waals surface area contributed by atoms with Crippen LogP contribution in [-0.4, -0.2) is 118 Å². The third kappa shape index (κ3) is 10.3. The molecule has 0 spiro atoms. The van der Waals surface area contributed by atoms with Gasteiger partial charge in [-0.25, -0.2) is 0 Å². The van der Waals surface area contributed by atoms with E-state index in [2.05, 4.69) is 11.8 Å². The van der Waals surface area contributed by atoms with E-state index >= 15 is 0 Å². The molecule has 0 bridgehead atoms. The number of carbonyl (C=O) groups is 2. The molecular formula is C30H52N4O5. The van der Waals surface area contributed by atoms with Crippen LogP contribution in [0.4, 0.5) is 5.69 Å². The van der Waals surface area contributed by atoms with Gasteiger partial charge in [0.1, 0.15) is 5.75 Å². The molecule has 2 rings (SSSR count). The molecule has 9 heteroatoms. The van der Waals surface area contributed by atoms with E-state index in [9.17, 15) is 14.7 Å². The Morgan fingerprint density at radius 3 is 2.51 bits per heavy atom. The number of likely N-dealkylation sites (N-methyl/N-ethyl adjacent to an activating group) is 1. The highest BCUT2D eigenvalue weighted by atomic mass is 16.5. The van der Waals surface area contributed by atoms with Gasteiger partial charge in [-0.05, 0) is 78.4 Å². The van der Waals surface area contributed by atoms with Crippen LogP contribution in [-0.2, 0) is 9.53 Å². The van der Waals surface area contributed by atoms with Crippen LogP contribution in [0.15, 0.2) is 18.2 Å². The molecule has 0 saturated carbocycles. The van der Waals surface area contributed by atoms with Gasteiger partial charge in [0.25, 0.3) is 5.91 Å². The van der Waals surface area contributed by atoms with Gasteiger partial charge >= 0.3 is 0 Å². The Hall–Kier alpha value is -2.36. The monoisotopic (exact) mass is 548 g/mol. The predicted molar refractivity (Wildman–Crippen MR) is 157 cm³/mol. The summed E-state index contributed by atoms with van der Waals surface area (Å²) in [4.78, 5) is 34.4. The van der Waals surface area contributed by atoms with Crippen molar-refractivity contribution in [2.75, 3.05) is 73.0 Å². The molecule has 1 aromatic carbocycles. The van der Waals surface area contributed by atoms with Gasteiger partial charge in [0, 0.05) is 58.9 Å². The van der Waals surface area contributed by atoms with Crippen molar-refractivity contribution in [2.24, 2.45) is 5.92 Å². The van der Waals surface area contributed by atoms with Crippen LogP contribution in [0.1, 0.15) is 63.2 Å². The molecule has 1 aliphatic heterocycles. The number of amides is 2. The van der Waals surface area contributed by atoms with Crippen molar-refractivity contribution in [3.05, 3.63) is 23.8 Å². The number of aliphatic hydroxyl groups excluding tert-OH is 1. The second-order valence-electron chi connectivity index (χ2n) is 11.6. The largest absolute Gasteiger partial charge is 0.490 e. The minimum Gasteiger partial charge on any atom is -0.490 e. The van der Waals surface area contributed by atoms with Gasteiger partial charge in [0.15, 0.2) is 0 Å². The van der Waals surface area contributed by atoms with Crippen molar-refractivity contribution >= 4 is 17.5 Å². The number of hydrogen-bond acceptors (Lipinski definition) is 7. The lowest BCUT2D eigenvalue weighted by Crippen LogP contribution is -2.48. The summed E-state index contributed by atoms with van der Waals surface area (Å²) in [5, 5.41) is 10.1. The Kier molecular flexibility index (Phi) is 13.5. The zero-order valence-corrected chi connectivity index (χ0v) is 25.5. The van der Waals surface area contributed by atoms with E-state index in [0.29, 0.717) is 37.4 Å². The summed E-state index contributed by atoms with van der Waals surface area (Å²) >= 11 is 0. The van der Waals surface area contributed by atoms with E-state index in [1.54, 1.807) is 9.80 Å². The molecular weight excluding hydrogens is 496 g/mol. The SMILES string of the molecule is C[C@@H]1CCCCO[C@H](CN(C)C(=O)CCCN(C)C)[C@H](C)CN([C@@H](C)CO)C(=O)c2cc(N(C)C)ccc2O1. The Bertz CT molecular complexity index is 909. The van der Waals surface area contributed by atoms with Gasteiger partial charge in [0.05, 0.1) is 30.4 Å². The van der Waals surface area contributed by atoms with Crippen molar-refractivity contribution in [1.29, 1.82) is 0 Å². The Balaban J connectivity index is 2.35. The maximum absolute atomic E-state index is 14.1. The lowest BCUT2D eigenvalue weighted by atomic mass is 10.0. The van der Waals surface area contributed by atoms with Gasteiger partial charge in [-0.2, -0.15) is 0 Å². The number of fused-ring (bicyclic) bond motifs is 1. The number of ether oxygens (including phenoxy) is 2. The summed E-state index contributed by atoms with van der Waals surface area (Å²) < 4.78 is 12.6. The Morgan fingerprint density at radius 2 is 1.87 bits per heavy atom. The maximum Gasteiger partial charge on any atom is 0.258 e. The average molecular weight is 549 g/mol. The van der Waals surface area contributed by atoms with Crippen LogP contribution in [0.25, 0.3) is 0 Å². The number of hydrogen-bond donors (Lipinski definition) is 1. The van der Waals surface area contributed by atoms with E-state index in [4.69, 9.17) is 9.47 Å². The van der Waals surface area contributed by atoms with E-state index in [-0.39, 0.29) is 36.5 Å². The Labute approximate surface area is 236 Å². The molecule has 4 atom stereocenters. The van der Waals surface area contributed by atoms with Crippen LogP contribution in [0.5, 0.6) is 5.75 Å². The molecule has 0 saturated heterocycles. The minimum atomic E-state index is -0.396. The molecule has 0 aliphatic carbocycles. The predicted octanol–water partition coefficient (Wildman–Crippen LogP) is 3.35. The van der Waals surface area contributed by atoms with Crippen LogP contribution in [0.2, 0.25) is 0 Å². The highest BCUT2D eigenvalue weighted by molar-refractivity contribution is 5.98. The molecule has 0 radical (unpaired) electrons. The zero-order valence-electron chi connectivity index (χ0n) is 25.5. The highest BCUT2D eigenvalue weighted by Crippen LogP contribution is 2.29. The molecule has 2 amide bonds. The molecule has 0 aromatic heterocycles. The second kappa shape index (κ2) is 16.0. The first-order valence-electron chi connectivity index (χ1n) is 14.3. The summed E-state index contributed by atoms with van der Waals surface area (Å²) in [6, 6.07) is 5.30. The number of nitrogens with zero attached hydrogens (tertiary/aromatic N) is 4. The second-order valence-corrected chi connectivity index (χ2v) is 11.6. The van der Waals surface area contributed by atoms with Crippen LogP contribution < -0.4 is 9.64 Å². The Morgan fingerprint density at radius 1 is 1.15 bits per heavy atom. The van der Waals surface area contributed by atoms with E-state index in [0.717, 1.165) is 37.9 Å². The number of anilines is 1. The van der Waals surface area contributed by atoms with Crippen LogP contribution in [0, 0.1) is 5.92 Å². The third-order valence-electron chi connectivity index (χ3n) is 7.43. The highest BCUT2D eigenvalue weighted by Gasteiger charge is 2.31. The van der Waals surface area contributed by atoms with E-state index < -0.39 is 6.04 Å². The van der Waals surface area contributed by atoms with Crippen molar-refractivity contribution < 1.29 is 24.2 Å². The topological polar surface area (TPSA) is 85.8 Å². The third-order valence-corrected chi connectivity index (χ3v) is 7.43. The molecule has 1 N–H and O–H groups in total. The van der Waals surface area contributed by atoms with Crippen molar-refractivity contribution in [1.82, 2.24) is 14.7 Å². The van der Waals surface area contributed by atoms with Gasteiger partial charge < -0.3 is 34.2 Å². The molecule has 1 heterocycles. The van der Waals surface area contributed by atoms with Gasteiger partial charge in [0.2, 0.25) is 5.91 Å². The molecule has 0 unspecified atom stereocenters. The number of rotatable bonds is 9. The van der Waals surface area contributed by atoms with E-state index in [1.807, 2.05) is 72.2 Å². The summed E-state index contributed by atoms with van der Waals surface area (Å²) in [6.07, 6.45) is 3.67. The normalized spacial score (nSPS) is 22.1. The first-order chi connectivity index (χ1) is 18.4. The molecule has 0 fully saturated rings. The smallest absolute Gasteiger partial charge is 0.258 e. The van der Waals surface area contributed by atoms with Crippen LogP contribution in [0.3, 0.4) is 0 Å². The van der Waals surface area contributed by atoms with Gasteiger partial charge in [-0.3, -0.25) is 9.59 Å². The number of aliphatic hydroxyl groups is 1. The lowest BCUT2D eigenvalue weighted by molar-refractivity contribution is -0.132. The zero-order chi connectivity index (χ0) is 29.1. The minimum absolute atomic E-state index is 0.0611. The first-order valence-corrected chi connectivity index (χ1v) is 14.3. The summed E-state index contributed by atoms with van der Waals surface area (Å²) in [6.45, 7) is 8.06. The standard InChI is InChI=1S/C30H52N4O5/c1-22-19-34(23(2)21-35)30(37)26-18-25(32(6)7)14-15-27(26)39-24(3)12-9-10-17-38-28(22)20-33(8)29(36)13-11-16-31(4)5/h14-15,18,22-24,28,35H,9-13,16-17,19-21H2,1-8H3/t22-,23+,24-,28-/m1/s1. The van der Waals surface area contributed by atoms with Crippen molar-refractivity contribution in [3.63, 3.8) is 0 Å². The fourth-order valence-corrected chi connectivity index (χ4v) is 4.76. The maximum atomic E-state index is 14.1. The molecule has 9 nitrogen and oxygen atoms in total. The average Bonchev–Trinajstić information content (AvgIpc) is 2.89. The summed E-state index contributed by atoms with van der Waals surface area (Å²) in [5.74, 6) is 0.412. The summed E-state index contributed by atoms with van der Waals surface area (Å²) in [5.41, 5.74) is 1.39. The van der Waals surface area contributed by atoms with Crippen molar-refractivity contribution in [2.45, 2.75) is 71.1 Å². The van der Waals surface area contributed by atoms with Crippen LogP contribution >= 0.6 is 0 Å². The van der Waals surface area contributed by atoms with Gasteiger partial charge in [-0.15, -0.1) is 0 Å². The number of benzene rings is 1. The van der Waals surface area contributed by atoms with E-state index in [1.165, 1.54) is 0 Å². The first kappa shape index (κ1) is 32.8. The quantitative estimate of drug-likeness (QED) is 0.507. The van der Waals surface area contributed by atoms with Gasteiger partial charge in [-0.1, -0.05) is 6.92 Å². The molecule has 39 heavy (non-hydrogen) atoms. The molecule has 1 aliphatic rings. The number of carbonyl (C=O) groups excluding carboxylic acids is 2. The molecule has 222 valence electrons. The fraction of sp³-hybridized carbons (Fsp3) is 0.733. The fourth-order valence-electron chi connectivity index (χ4n) is 4.76. The molecule has 1 aromatic rings.